The number of rotatable bonds is 5. The maximum Gasteiger partial charge on any atom is 0.315 e. The molecule has 96 valence electrons. The molecule has 0 radical (unpaired) electrons. The predicted octanol–water partition coefficient (Wildman–Crippen LogP) is 2.05. The fourth-order valence-electron chi connectivity index (χ4n) is 1.72. The van der Waals surface area contributed by atoms with Gasteiger partial charge in [-0.05, 0) is 45.7 Å². The van der Waals surface area contributed by atoms with Crippen molar-refractivity contribution in [2.24, 2.45) is 7.05 Å². The second-order valence-electron chi connectivity index (χ2n) is 4.82. The van der Waals surface area contributed by atoms with Crippen LogP contribution in [0.15, 0.2) is 18.3 Å². The highest BCUT2D eigenvalue weighted by molar-refractivity contribution is 5.74. The van der Waals surface area contributed by atoms with E-state index in [1.165, 1.54) is 5.69 Å². The molecule has 0 aliphatic heterocycles. The van der Waals surface area contributed by atoms with Gasteiger partial charge in [0.2, 0.25) is 0 Å². The highest BCUT2D eigenvalue weighted by Gasteiger charge is 2.08. The molecule has 0 fully saturated rings. The minimum atomic E-state index is -0.0839. The molecule has 0 saturated carbocycles. The van der Waals surface area contributed by atoms with Gasteiger partial charge in [0.15, 0.2) is 0 Å². The average molecular weight is 237 g/mol. The van der Waals surface area contributed by atoms with Crippen LogP contribution in [0.1, 0.15) is 32.9 Å². The van der Waals surface area contributed by atoms with Gasteiger partial charge in [0.1, 0.15) is 0 Å². The van der Waals surface area contributed by atoms with Crippen molar-refractivity contribution in [3.63, 3.8) is 0 Å². The molecule has 1 rings (SSSR count). The van der Waals surface area contributed by atoms with Gasteiger partial charge in [0.25, 0.3) is 0 Å². The van der Waals surface area contributed by atoms with Gasteiger partial charge in [-0.3, -0.25) is 0 Å². The fourth-order valence-corrected chi connectivity index (χ4v) is 1.72. The number of aromatic nitrogens is 1. The Bertz CT molecular complexity index is 357. The zero-order valence-corrected chi connectivity index (χ0v) is 11.2. The van der Waals surface area contributed by atoms with E-state index in [1.807, 2.05) is 40.1 Å². The first-order valence-corrected chi connectivity index (χ1v) is 6.16. The van der Waals surface area contributed by atoms with E-state index < -0.39 is 0 Å². The molecule has 1 atom stereocenters. The molecule has 4 heteroatoms. The molecule has 17 heavy (non-hydrogen) atoms. The first kappa shape index (κ1) is 13.6. The van der Waals surface area contributed by atoms with Crippen LogP contribution in [-0.2, 0) is 13.5 Å². The van der Waals surface area contributed by atoms with Gasteiger partial charge in [-0.15, -0.1) is 0 Å². The molecule has 4 nitrogen and oxygen atoms in total. The van der Waals surface area contributed by atoms with Crippen LogP contribution in [0.25, 0.3) is 0 Å². The first-order chi connectivity index (χ1) is 7.99. The Kier molecular flexibility index (Phi) is 5.07. The summed E-state index contributed by atoms with van der Waals surface area (Å²) >= 11 is 0. The molecule has 0 spiro atoms. The molecular weight excluding hydrogens is 214 g/mol. The van der Waals surface area contributed by atoms with Gasteiger partial charge in [0.05, 0.1) is 0 Å². The maximum absolute atomic E-state index is 11.5. The van der Waals surface area contributed by atoms with Gasteiger partial charge in [-0.25, -0.2) is 4.79 Å². The molecule has 2 amide bonds. The SMILES string of the molecule is CC(C)NC(=O)N[C@H](C)CCc1cccn1C. The van der Waals surface area contributed by atoms with Crippen LogP contribution in [0.4, 0.5) is 4.79 Å². The molecule has 0 bridgehead atoms. The number of carbonyl (C=O) groups excluding carboxylic acids is 1. The minimum absolute atomic E-state index is 0.0839. The minimum Gasteiger partial charge on any atom is -0.354 e. The van der Waals surface area contributed by atoms with Gasteiger partial charge < -0.3 is 15.2 Å². The van der Waals surface area contributed by atoms with Gasteiger partial charge in [-0.1, -0.05) is 0 Å². The number of hydrogen-bond donors (Lipinski definition) is 2. The Morgan fingerprint density at radius 3 is 2.59 bits per heavy atom. The van der Waals surface area contributed by atoms with Crippen molar-refractivity contribution >= 4 is 6.03 Å². The standard InChI is InChI=1S/C13H23N3O/c1-10(2)14-13(17)15-11(3)7-8-12-6-5-9-16(12)4/h5-6,9-11H,7-8H2,1-4H3,(H2,14,15,17)/t11-/m1/s1. The molecule has 1 heterocycles. The summed E-state index contributed by atoms with van der Waals surface area (Å²) in [5.41, 5.74) is 1.29. The van der Waals surface area contributed by atoms with Gasteiger partial charge >= 0.3 is 6.03 Å². The first-order valence-electron chi connectivity index (χ1n) is 6.16. The molecule has 1 aromatic rings. The third-order valence-corrected chi connectivity index (χ3v) is 2.68. The normalized spacial score (nSPS) is 12.5. The monoisotopic (exact) mass is 237 g/mol. The molecule has 0 unspecified atom stereocenters. The number of nitrogens with one attached hydrogen (secondary N) is 2. The maximum atomic E-state index is 11.5. The second-order valence-corrected chi connectivity index (χ2v) is 4.82. The van der Waals surface area contributed by atoms with Gasteiger partial charge in [0, 0.05) is 31.0 Å². The largest absolute Gasteiger partial charge is 0.354 e. The zero-order valence-electron chi connectivity index (χ0n) is 11.2. The van der Waals surface area contributed by atoms with Crippen molar-refractivity contribution in [1.82, 2.24) is 15.2 Å². The lowest BCUT2D eigenvalue weighted by Gasteiger charge is -2.16. The zero-order chi connectivity index (χ0) is 12.8. The summed E-state index contributed by atoms with van der Waals surface area (Å²) in [4.78, 5) is 11.5. The summed E-state index contributed by atoms with van der Waals surface area (Å²) in [6.45, 7) is 5.94. The summed E-state index contributed by atoms with van der Waals surface area (Å²) in [7, 11) is 2.04. The number of carbonyl (C=O) groups is 1. The number of hydrogen-bond acceptors (Lipinski definition) is 1. The van der Waals surface area contributed by atoms with Crippen LogP contribution in [-0.4, -0.2) is 22.7 Å². The topological polar surface area (TPSA) is 46.1 Å². The molecule has 2 N–H and O–H groups in total. The van der Waals surface area contributed by atoms with Crippen LogP contribution in [0.3, 0.4) is 0 Å². The van der Waals surface area contributed by atoms with E-state index in [9.17, 15) is 4.79 Å². The van der Waals surface area contributed by atoms with Crippen LogP contribution in [0, 0.1) is 0 Å². The lowest BCUT2D eigenvalue weighted by atomic mass is 10.1. The van der Waals surface area contributed by atoms with Crippen LogP contribution in [0.2, 0.25) is 0 Å². The molecule has 0 saturated heterocycles. The van der Waals surface area contributed by atoms with Crippen molar-refractivity contribution in [3.05, 3.63) is 24.0 Å². The third kappa shape index (κ3) is 4.93. The van der Waals surface area contributed by atoms with E-state index in [4.69, 9.17) is 0 Å². The number of nitrogens with zero attached hydrogens (tertiary/aromatic N) is 1. The lowest BCUT2D eigenvalue weighted by Crippen LogP contribution is -2.43. The number of aryl methyl sites for hydroxylation is 2. The Labute approximate surface area is 103 Å². The van der Waals surface area contributed by atoms with Crippen molar-refractivity contribution < 1.29 is 4.79 Å². The van der Waals surface area contributed by atoms with Crippen molar-refractivity contribution in [3.8, 4) is 0 Å². The van der Waals surface area contributed by atoms with E-state index in [0.717, 1.165) is 12.8 Å². The highest BCUT2D eigenvalue weighted by Crippen LogP contribution is 2.05. The summed E-state index contributed by atoms with van der Waals surface area (Å²) < 4.78 is 2.11. The molecule has 0 aliphatic carbocycles. The summed E-state index contributed by atoms with van der Waals surface area (Å²) in [6, 6.07) is 4.43. The van der Waals surface area contributed by atoms with E-state index in [2.05, 4.69) is 21.3 Å². The Morgan fingerprint density at radius 2 is 2.06 bits per heavy atom. The average Bonchev–Trinajstić information content (AvgIpc) is 2.59. The van der Waals surface area contributed by atoms with Crippen molar-refractivity contribution in [2.45, 2.75) is 45.7 Å². The number of urea groups is 1. The van der Waals surface area contributed by atoms with Gasteiger partial charge in [-0.2, -0.15) is 0 Å². The van der Waals surface area contributed by atoms with E-state index in [0.29, 0.717) is 0 Å². The van der Waals surface area contributed by atoms with E-state index in [1.54, 1.807) is 0 Å². The van der Waals surface area contributed by atoms with E-state index >= 15 is 0 Å². The van der Waals surface area contributed by atoms with E-state index in [-0.39, 0.29) is 18.1 Å². The van der Waals surface area contributed by atoms with Crippen LogP contribution < -0.4 is 10.6 Å². The van der Waals surface area contributed by atoms with Crippen LogP contribution in [0.5, 0.6) is 0 Å². The fraction of sp³-hybridized carbons (Fsp3) is 0.615. The highest BCUT2D eigenvalue weighted by atomic mass is 16.2. The second kappa shape index (κ2) is 6.33. The Morgan fingerprint density at radius 1 is 1.35 bits per heavy atom. The predicted molar refractivity (Wildman–Crippen MR) is 70.0 cm³/mol. The smallest absolute Gasteiger partial charge is 0.315 e. The summed E-state index contributed by atoms with van der Waals surface area (Å²) in [5, 5.41) is 5.76. The third-order valence-electron chi connectivity index (χ3n) is 2.68. The number of amides is 2. The Hall–Kier alpha value is -1.45. The summed E-state index contributed by atoms with van der Waals surface area (Å²) in [5.74, 6) is 0. The van der Waals surface area contributed by atoms with Crippen molar-refractivity contribution in [2.75, 3.05) is 0 Å². The van der Waals surface area contributed by atoms with Crippen molar-refractivity contribution in [1.29, 1.82) is 0 Å². The lowest BCUT2D eigenvalue weighted by molar-refractivity contribution is 0.235. The van der Waals surface area contributed by atoms with Crippen LogP contribution >= 0.6 is 0 Å². The Balaban J connectivity index is 2.28. The molecular formula is C13H23N3O. The molecule has 0 aromatic carbocycles. The quantitative estimate of drug-likeness (QED) is 0.809. The summed E-state index contributed by atoms with van der Waals surface area (Å²) in [6.07, 6.45) is 3.97. The molecule has 1 aromatic heterocycles. The molecule has 0 aliphatic rings.